The van der Waals surface area contributed by atoms with Crippen molar-refractivity contribution in [2.24, 2.45) is 0 Å². The maximum Gasteiger partial charge on any atom is 0.279 e. The van der Waals surface area contributed by atoms with Crippen LogP contribution in [-0.4, -0.2) is 9.38 Å². The number of halogens is 3. The molecule has 0 atom stereocenters. The average molecular weight is 422 g/mol. The highest BCUT2D eigenvalue weighted by Crippen LogP contribution is 2.33. The van der Waals surface area contributed by atoms with E-state index in [1.807, 2.05) is 6.07 Å². The summed E-state index contributed by atoms with van der Waals surface area (Å²) in [7, 11) is 0. The molecule has 2 aromatic carbocycles. The van der Waals surface area contributed by atoms with Crippen LogP contribution in [0.2, 0.25) is 15.1 Å². The molecule has 0 aliphatic rings. The largest absolute Gasteiger partial charge is 0.339 e. The van der Waals surface area contributed by atoms with Gasteiger partial charge in [-0.2, -0.15) is 5.26 Å². The number of benzene rings is 2. The van der Waals surface area contributed by atoms with Crippen molar-refractivity contribution in [3.63, 3.8) is 0 Å². The highest BCUT2D eigenvalue weighted by Gasteiger charge is 2.17. The molecule has 9 heteroatoms. The van der Waals surface area contributed by atoms with Crippen LogP contribution in [0.15, 0.2) is 41.2 Å². The molecule has 0 unspecified atom stereocenters. The molecule has 5 nitrogen and oxygen atoms in total. The first kappa shape index (κ1) is 17.1. The summed E-state index contributed by atoms with van der Waals surface area (Å²) in [6, 6.07) is 12.1. The fraction of sp³-hybridized carbons (Fsp3) is 0. The molecule has 4 rings (SSSR count). The van der Waals surface area contributed by atoms with Gasteiger partial charge in [-0.15, -0.1) is 0 Å². The fourth-order valence-electron chi connectivity index (χ4n) is 2.52. The quantitative estimate of drug-likeness (QED) is 0.465. The van der Waals surface area contributed by atoms with E-state index in [1.54, 1.807) is 36.4 Å². The van der Waals surface area contributed by atoms with Crippen LogP contribution in [0.25, 0.3) is 15.2 Å². The predicted molar refractivity (Wildman–Crippen MR) is 106 cm³/mol. The Labute approximate surface area is 166 Å². The molecule has 0 aliphatic carbocycles. The van der Waals surface area contributed by atoms with E-state index in [0.29, 0.717) is 31.2 Å². The van der Waals surface area contributed by atoms with Crippen LogP contribution in [0, 0.1) is 11.3 Å². The van der Waals surface area contributed by atoms with Gasteiger partial charge in [-0.1, -0.05) is 46.1 Å². The van der Waals surface area contributed by atoms with Gasteiger partial charge in [-0.05, 0) is 36.4 Å². The Bertz CT molecular complexity index is 1270. The number of nitriles is 1. The van der Waals surface area contributed by atoms with Gasteiger partial charge >= 0.3 is 0 Å². The molecule has 0 amide bonds. The Hall–Kier alpha value is -2.30. The number of nitrogens with zero attached hydrogens (tertiary/aromatic N) is 3. The van der Waals surface area contributed by atoms with E-state index in [-0.39, 0.29) is 11.4 Å². The smallest absolute Gasteiger partial charge is 0.279 e. The molecular weight excluding hydrogens is 415 g/mol. The maximum atomic E-state index is 12.9. The summed E-state index contributed by atoms with van der Waals surface area (Å²) in [6.07, 6.45) is 0. The Kier molecular flexibility index (Phi) is 4.25. The van der Waals surface area contributed by atoms with Crippen LogP contribution >= 0.6 is 46.1 Å². The molecule has 0 aliphatic heterocycles. The molecule has 128 valence electrons. The van der Waals surface area contributed by atoms with Gasteiger partial charge in [0.05, 0.1) is 20.3 Å². The van der Waals surface area contributed by atoms with Gasteiger partial charge in [0.25, 0.3) is 5.56 Å². The van der Waals surface area contributed by atoms with Crippen molar-refractivity contribution in [1.29, 1.82) is 5.26 Å². The van der Waals surface area contributed by atoms with E-state index in [9.17, 15) is 10.1 Å². The van der Waals surface area contributed by atoms with Crippen molar-refractivity contribution in [1.82, 2.24) is 9.38 Å². The van der Waals surface area contributed by atoms with Crippen LogP contribution in [0.5, 0.6) is 0 Å². The van der Waals surface area contributed by atoms with E-state index in [0.717, 1.165) is 4.70 Å². The summed E-state index contributed by atoms with van der Waals surface area (Å²) in [5, 5.41) is 13.8. The zero-order valence-corrected chi connectivity index (χ0v) is 15.8. The first-order chi connectivity index (χ1) is 12.5. The van der Waals surface area contributed by atoms with Crippen LogP contribution in [0.4, 0.5) is 11.5 Å². The second kappa shape index (κ2) is 6.45. The molecule has 1 N–H and O–H groups in total. The third-order valence-electron chi connectivity index (χ3n) is 3.72. The summed E-state index contributed by atoms with van der Waals surface area (Å²) in [6.45, 7) is 0. The second-order valence-electron chi connectivity index (χ2n) is 5.34. The molecule has 0 saturated heterocycles. The highest BCUT2D eigenvalue weighted by molar-refractivity contribution is 7.23. The average Bonchev–Trinajstić information content (AvgIpc) is 2.95. The second-order valence-corrected chi connectivity index (χ2v) is 7.60. The van der Waals surface area contributed by atoms with Gasteiger partial charge in [0.15, 0.2) is 16.3 Å². The molecule has 0 spiro atoms. The van der Waals surface area contributed by atoms with Gasteiger partial charge in [0.1, 0.15) is 6.07 Å². The molecule has 2 aromatic heterocycles. The minimum atomic E-state index is -0.474. The Morgan fingerprint density at radius 2 is 1.81 bits per heavy atom. The number of thiazole rings is 1. The van der Waals surface area contributed by atoms with Crippen molar-refractivity contribution >= 4 is 72.8 Å². The van der Waals surface area contributed by atoms with Gasteiger partial charge < -0.3 is 5.32 Å². The Balaban J connectivity index is 1.97. The van der Waals surface area contributed by atoms with Crippen LogP contribution in [0.1, 0.15) is 5.56 Å². The molecule has 0 bridgehead atoms. The standard InChI is InChI=1S/C17H7Cl3N4OS/c18-8-1-3-9(4-2-8)22-15-10(7-21)16(25)24-13-5-11(19)12(20)6-14(13)26-17(24)23-15/h1-6,22H. The molecule has 0 saturated carbocycles. The van der Waals surface area contributed by atoms with Crippen molar-refractivity contribution in [3.8, 4) is 6.07 Å². The molecule has 26 heavy (non-hydrogen) atoms. The SMILES string of the molecule is N#Cc1c(Nc2ccc(Cl)cc2)nc2sc3cc(Cl)c(Cl)cc3n2c1=O. The zero-order chi connectivity index (χ0) is 18.4. The number of nitrogens with one attached hydrogen (secondary N) is 1. The summed E-state index contributed by atoms with van der Waals surface area (Å²) in [5.41, 5.74) is 0.655. The van der Waals surface area contributed by atoms with Crippen LogP contribution in [-0.2, 0) is 0 Å². The van der Waals surface area contributed by atoms with E-state index >= 15 is 0 Å². The molecule has 4 aromatic rings. The van der Waals surface area contributed by atoms with Gasteiger partial charge in [-0.3, -0.25) is 4.79 Å². The molecule has 0 radical (unpaired) electrons. The summed E-state index contributed by atoms with van der Waals surface area (Å²) < 4.78 is 2.12. The van der Waals surface area contributed by atoms with Gasteiger partial charge in [0.2, 0.25) is 0 Å². The van der Waals surface area contributed by atoms with E-state index in [4.69, 9.17) is 34.8 Å². The fourth-order valence-corrected chi connectivity index (χ4v) is 4.07. The third kappa shape index (κ3) is 2.79. The number of hydrogen-bond donors (Lipinski definition) is 1. The number of rotatable bonds is 2. The van der Waals surface area contributed by atoms with Crippen LogP contribution in [0.3, 0.4) is 0 Å². The minimum absolute atomic E-state index is 0.0942. The first-order valence-electron chi connectivity index (χ1n) is 7.25. The topological polar surface area (TPSA) is 70.2 Å². The summed E-state index contributed by atoms with van der Waals surface area (Å²) >= 11 is 19.3. The summed E-state index contributed by atoms with van der Waals surface area (Å²) in [5.74, 6) is 0.184. The van der Waals surface area contributed by atoms with Gasteiger partial charge in [0, 0.05) is 10.7 Å². The monoisotopic (exact) mass is 420 g/mol. The lowest BCUT2D eigenvalue weighted by molar-refractivity contribution is 1.10. The van der Waals surface area contributed by atoms with Crippen molar-refractivity contribution < 1.29 is 0 Å². The third-order valence-corrected chi connectivity index (χ3v) is 5.69. The number of fused-ring (bicyclic) bond motifs is 3. The van der Waals surface area contributed by atoms with Crippen molar-refractivity contribution in [2.75, 3.05) is 5.32 Å². The minimum Gasteiger partial charge on any atom is -0.339 e. The molecular formula is C17H7Cl3N4OS. The van der Waals surface area contributed by atoms with Crippen LogP contribution < -0.4 is 10.9 Å². The highest BCUT2D eigenvalue weighted by atomic mass is 35.5. The molecule has 2 heterocycles. The maximum absolute atomic E-state index is 12.9. The van der Waals surface area contributed by atoms with Gasteiger partial charge in [-0.25, -0.2) is 9.38 Å². The Morgan fingerprint density at radius 1 is 1.12 bits per heavy atom. The molecule has 0 fully saturated rings. The van der Waals surface area contributed by atoms with E-state index in [1.165, 1.54) is 15.7 Å². The van der Waals surface area contributed by atoms with E-state index in [2.05, 4.69) is 10.3 Å². The lowest BCUT2D eigenvalue weighted by atomic mass is 10.2. The predicted octanol–water partition coefficient (Wildman–Crippen LogP) is 5.48. The normalized spacial score (nSPS) is 11.0. The first-order valence-corrected chi connectivity index (χ1v) is 9.20. The number of anilines is 2. The zero-order valence-electron chi connectivity index (χ0n) is 12.8. The lowest BCUT2D eigenvalue weighted by Crippen LogP contribution is -2.19. The van der Waals surface area contributed by atoms with Crippen molar-refractivity contribution in [2.45, 2.75) is 0 Å². The number of hydrogen-bond acceptors (Lipinski definition) is 5. The number of aromatic nitrogens is 2. The lowest BCUT2D eigenvalue weighted by Gasteiger charge is -2.07. The van der Waals surface area contributed by atoms with E-state index < -0.39 is 5.56 Å². The van der Waals surface area contributed by atoms with Crippen molar-refractivity contribution in [3.05, 3.63) is 67.4 Å². The Morgan fingerprint density at radius 3 is 2.50 bits per heavy atom. The summed E-state index contributed by atoms with van der Waals surface area (Å²) in [4.78, 5) is 17.7.